The Hall–Kier alpha value is -3.65. The predicted molar refractivity (Wildman–Crippen MR) is 169 cm³/mol. The van der Waals surface area contributed by atoms with Crippen LogP contribution in [0, 0.1) is 13.8 Å². The summed E-state index contributed by atoms with van der Waals surface area (Å²) in [6, 6.07) is 24.5. The fraction of sp³-hybridized carbons (Fsp3) is 0.412. The Morgan fingerprint density at radius 3 is 2.19 bits per heavy atom. The smallest absolute Gasteiger partial charge is 0.243 e. The van der Waals surface area contributed by atoms with E-state index in [1.54, 1.807) is 17.0 Å². The maximum atomic E-state index is 14.0. The molecule has 2 amide bonds. The van der Waals surface area contributed by atoms with Crippen LogP contribution in [0.2, 0.25) is 0 Å². The minimum absolute atomic E-state index is 0.117. The van der Waals surface area contributed by atoms with E-state index in [1.165, 1.54) is 10.6 Å². The first-order chi connectivity index (χ1) is 20.1. The molecule has 1 saturated carbocycles. The summed E-state index contributed by atoms with van der Waals surface area (Å²) in [5.41, 5.74) is 4.62. The molecule has 1 atom stereocenters. The average Bonchev–Trinajstić information content (AvgIpc) is 3.47. The molecular weight excluding hydrogens is 546 g/mol. The van der Waals surface area contributed by atoms with Crippen LogP contribution >= 0.6 is 0 Å². The summed E-state index contributed by atoms with van der Waals surface area (Å²) in [6.07, 6.45) is 6.12. The van der Waals surface area contributed by atoms with E-state index in [0.717, 1.165) is 47.9 Å². The van der Waals surface area contributed by atoms with Crippen LogP contribution in [0.15, 0.2) is 78.9 Å². The topological polar surface area (TPSA) is 86.8 Å². The molecule has 224 valence electrons. The number of benzene rings is 3. The fourth-order valence-electron chi connectivity index (χ4n) is 5.61. The first kappa shape index (κ1) is 31.3. The Kier molecular flexibility index (Phi) is 10.8. The van der Waals surface area contributed by atoms with E-state index in [1.807, 2.05) is 80.6 Å². The molecule has 0 spiro atoms. The number of sulfonamides is 1. The van der Waals surface area contributed by atoms with Crippen molar-refractivity contribution in [3.8, 4) is 0 Å². The van der Waals surface area contributed by atoms with Crippen molar-refractivity contribution in [1.29, 1.82) is 0 Å². The molecule has 1 aliphatic carbocycles. The van der Waals surface area contributed by atoms with Crippen molar-refractivity contribution >= 4 is 27.5 Å². The molecule has 0 saturated heterocycles. The second kappa shape index (κ2) is 14.5. The van der Waals surface area contributed by atoms with E-state index in [4.69, 9.17) is 0 Å². The number of rotatable bonds is 13. The van der Waals surface area contributed by atoms with Crippen LogP contribution in [0.1, 0.15) is 60.8 Å². The molecule has 1 N–H and O–H groups in total. The van der Waals surface area contributed by atoms with Gasteiger partial charge in [-0.1, -0.05) is 85.1 Å². The summed E-state index contributed by atoms with van der Waals surface area (Å²) in [7, 11) is -3.54. The molecule has 3 aromatic carbocycles. The van der Waals surface area contributed by atoms with Gasteiger partial charge in [0.05, 0.1) is 11.9 Å². The third-order valence-corrected chi connectivity index (χ3v) is 9.24. The van der Waals surface area contributed by atoms with E-state index in [0.29, 0.717) is 25.1 Å². The van der Waals surface area contributed by atoms with Gasteiger partial charge in [-0.2, -0.15) is 0 Å². The first-order valence-corrected chi connectivity index (χ1v) is 16.7. The number of carbonyl (C=O) groups excluding carboxylic acids is 2. The van der Waals surface area contributed by atoms with Gasteiger partial charge in [-0.05, 0) is 61.9 Å². The van der Waals surface area contributed by atoms with Gasteiger partial charge < -0.3 is 10.2 Å². The van der Waals surface area contributed by atoms with E-state index >= 15 is 0 Å². The largest absolute Gasteiger partial charge is 0.352 e. The summed E-state index contributed by atoms with van der Waals surface area (Å²) < 4.78 is 26.6. The fourth-order valence-corrected chi connectivity index (χ4v) is 6.57. The molecule has 0 unspecified atom stereocenters. The number of aryl methyl sites for hydroxylation is 2. The van der Waals surface area contributed by atoms with Gasteiger partial charge in [0.25, 0.3) is 0 Å². The number of nitrogens with one attached hydrogen (secondary N) is 1. The number of hydrogen-bond acceptors (Lipinski definition) is 4. The molecule has 3 aromatic rings. The van der Waals surface area contributed by atoms with Crippen LogP contribution in [0.4, 0.5) is 5.69 Å². The van der Waals surface area contributed by atoms with Crippen LogP contribution in [-0.2, 0) is 32.6 Å². The normalized spacial score (nSPS) is 14.4. The molecule has 8 heteroatoms. The molecule has 7 nitrogen and oxygen atoms in total. The highest BCUT2D eigenvalue weighted by Crippen LogP contribution is 2.23. The van der Waals surface area contributed by atoms with Crippen LogP contribution in [-0.4, -0.2) is 50.0 Å². The summed E-state index contributed by atoms with van der Waals surface area (Å²) in [4.78, 5) is 29.6. The molecule has 0 radical (unpaired) electrons. The SMILES string of the molecule is Cc1ccc(N(CCCC(=O)N(Cc2ccccc2C)[C@H](Cc2ccccc2)C(=O)NC2CCCC2)S(C)(=O)=O)cc1. The maximum absolute atomic E-state index is 14.0. The predicted octanol–water partition coefficient (Wildman–Crippen LogP) is 5.55. The minimum Gasteiger partial charge on any atom is -0.352 e. The lowest BCUT2D eigenvalue weighted by Crippen LogP contribution is -2.52. The standard InChI is InChI=1S/C34H43N3O4S/c1-26-19-21-31(22-20-26)37(42(3,40)41)23-11-18-33(38)36(25-29-15-8-7-12-27(29)2)32(24-28-13-5-4-6-14-28)34(39)35-30-16-9-10-17-30/h4-8,12-15,19-22,30,32H,9-11,16-18,23-25H2,1-3H3,(H,35,39)/t32-/m1/s1. The van der Waals surface area contributed by atoms with Crippen molar-refractivity contribution in [3.63, 3.8) is 0 Å². The van der Waals surface area contributed by atoms with Gasteiger partial charge >= 0.3 is 0 Å². The van der Waals surface area contributed by atoms with Crippen LogP contribution in [0.3, 0.4) is 0 Å². The lowest BCUT2D eigenvalue weighted by molar-refractivity contribution is -0.141. The number of hydrogen-bond donors (Lipinski definition) is 1. The van der Waals surface area contributed by atoms with Crippen molar-refractivity contribution in [1.82, 2.24) is 10.2 Å². The zero-order valence-electron chi connectivity index (χ0n) is 25.0. The van der Waals surface area contributed by atoms with E-state index < -0.39 is 16.1 Å². The molecule has 4 rings (SSSR count). The lowest BCUT2D eigenvalue weighted by atomic mass is 10.0. The van der Waals surface area contributed by atoms with Crippen molar-refractivity contribution < 1.29 is 18.0 Å². The second-order valence-corrected chi connectivity index (χ2v) is 13.3. The summed E-state index contributed by atoms with van der Waals surface area (Å²) in [6.45, 7) is 4.43. The van der Waals surface area contributed by atoms with E-state index in [9.17, 15) is 18.0 Å². The maximum Gasteiger partial charge on any atom is 0.243 e. The van der Waals surface area contributed by atoms with Crippen LogP contribution in [0.25, 0.3) is 0 Å². The van der Waals surface area contributed by atoms with Gasteiger partial charge in [-0.25, -0.2) is 8.42 Å². The van der Waals surface area contributed by atoms with Gasteiger partial charge in [-0.3, -0.25) is 13.9 Å². The van der Waals surface area contributed by atoms with Crippen molar-refractivity contribution in [2.24, 2.45) is 0 Å². The summed E-state index contributed by atoms with van der Waals surface area (Å²) in [5, 5.41) is 3.23. The van der Waals surface area contributed by atoms with Gasteiger partial charge in [0.1, 0.15) is 6.04 Å². The Labute approximate surface area is 251 Å². The molecular formula is C34H43N3O4S. The van der Waals surface area contributed by atoms with E-state index in [-0.39, 0.29) is 30.8 Å². The second-order valence-electron chi connectivity index (χ2n) is 11.4. The molecule has 0 aromatic heterocycles. The monoisotopic (exact) mass is 589 g/mol. The highest BCUT2D eigenvalue weighted by Gasteiger charge is 2.32. The lowest BCUT2D eigenvalue weighted by Gasteiger charge is -2.33. The number of nitrogens with zero attached hydrogens (tertiary/aromatic N) is 2. The zero-order valence-corrected chi connectivity index (χ0v) is 25.8. The van der Waals surface area contributed by atoms with Gasteiger partial charge in [-0.15, -0.1) is 0 Å². The molecule has 0 aliphatic heterocycles. The van der Waals surface area contributed by atoms with Crippen LogP contribution in [0.5, 0.6) is 0 Å². The Bertz CT molecular complexity index is 1440. The Balaban J connectivity index is 1.59. The highest BCUT2D eigenvalue weighted by atomic mass is 32.2. The number of anilines is 1. The summed E-state index contributed by atoms with van der Waals surface area (Å²) in [5.74, 6) is -0.303. The number of carbonyl (C=O) groups is 2. The molecule has 1 fully saturated rings. The highest BCUT2D eigenvalue weighted by molar-refractivity contribution is 7.92. The third kappa shape index (κ3) is 8.68. The first-order valence-electron chi connectivity index (χ1n) is 14.8. The quantitative estimate of drug-likeness (QED) is 0.283. The van der Waals surface area contributed by atoms with Crippen molar-refractivity contribution in [2.45, 2.75) is 77.4 Å². The molecule has 1 aliphatic rings. The number of amides is 2. The molecule has 42 heavy (non-hydrogen) atoms. The third-order valence-electron chi connectivity index (χ3n) is 8.05. The van der Waals surface area contributed by atoms with Crippen molar-refractivity contribution in [2.75, 3.05) is 17.1 Å². The summed E-state index contributed by atoms with van der Waals surface area (Å²) >= 11 is 0. The Morgan fingerprint density at radius 1 is 0.905 bits per heavy atom. The van der Waals surface area contributed by atoms with Gasteiger partial charge in [0.15, 0.2) is 0 Å². The molecule has 0 bridgehead atoms. The van der Waals surface area contributed by atoms with E-state index in [2.05, 4.69) is 5.32 Å². The average molecular weight is 590 g/mol. The van der Waals surface area contributed by atoms with Crippen molar-refractivity contribution in [3.05, 3.63) is 101 Å². The Morgan fingerprint density at radius 2 is 1.55 bits per heavy atom. The minimum atomic E-state index is -3.54. The zero-order chi connectivity index (χ0) is 30.1. The van der Waals surface area contributed by atoms with Gasteiger partial charge in [0.2, 0.25) is 21.8 Å². The molecule has 0 heterocycles. The van der Waals surface area contributed by atoms with Crippen LogP contribution < -0.4 is 9.62 Å². The van der Waals surface area contributed by atoms with Gasteiger partial charge in [0, 0.05) is 32.0 Å².